The van der Waals surface area contributed by atoms with Crippen LogP contribution in [0.2, 0.25) is 0 Å². The summed E-state index contributed by atoms with van der Waals surface area (Å²) in [6, 6.07) is 11.4. The van der Waals surface area contributed by atoms with Crippen LogP contribution in [0.4, 0.5) is 10.7 Å². The Morgan fingerprint density at radius 1 is 1.00 bits per heavy atom. The van der Waals surface area contributed by atoms with Crippen molar-refractivity contribution in [3.05, 3.63) is 65.0 Å². The van der Waals surface area contributed by atoms with Gasteiger partial charge in [0.15, 0.2) is 0 Å². The average Bonchev–Trinajstić information content (AvgIpc) is 3.16. The van der Waals surface area contributed by atoms with Gasteiger partial charge in [0, 0.05) is 29.9 Å². The molecule has 0 atom stereocenters. The van der Waals surface area contributed by atoms with E-state index in [0.29, 0.717) is 27.6 Å². The number of para-hydroxylation sites is 1. The highest BCUT2D eigenvalue weighted by Gasteiger charge is 2.26. The molecule has 34 heavy (non-hydrogen) atoms. The van der Waals surface area contributed by atoms with Crippen molar-refractivity contribution in [2.75, 3.05) is 5.32 Å². The third kappa shape index (κ3) is 4.91. The molecule has 2 aromatic heterocycles. The fourth-order valence-corrected chi connectivity index (χ4v) is 4.86. The van der Waals surface area contributed by atoms with Crippen LogP contribution < -0.4 is 16.0 Å². The zero-order chi connectivity index (χ0) is 23.5. The van der Waals surface area contributed by atoms with E-state index in [4.69, 9.17) is 0 Å². The highest BCUT2D eigenvalue weighted by atomic mass is 32.2. The molecule has 3 heterocycles. The van der Waals surface area contributed by atoms with Gasteiger partial charge in [-0.15, -0.1) is 0 Å². The summed E-state index contributed by atoms with van der Waals surface area (Å²) in [5.74, 6) is -0.0433. The standard InChI is InChI=1S/C24H22N6O3S/c31-21(18-5-1-3-14-4-2-11-25-20(14)18)27-15-6-8-16(9-7-15)28-23-26-12-10-17(29-23)13-19-22(32)30-24(33)34-19/h1-5,10-13,15-16H,6-9H2,(H,27,31)(H,26,28,29)(H,30,32,33)/b19-13-. The van der Waals surface area contributed by atoms with Crippen molar-refractivity contribution in [3.63, 3.8) is 0 Å². The molecular formula is C24H22N6O3S. The van der Waals surface area contributed by atoms with Crippen LogP contribution in [0, 0.1) is 0 Å². The Hall–Kier alpha value is -3.79. The highest BCUT2D eigenvalue weighted by Crippen LogP contribution is 2.26. The van der Waals surface area contributed by atoms with Crippen molar-refractivity contribution in [1.82, 2.24) is 25.6 Å². The topological polar surface area (TPSA) is 126 Å². The minimum atomic E-state index is -0.414. The van der Waals surface area contributed by atoms with E-state index in [0.717, 1.165) is 42.8 Å². The lowest BCUT2D eigenvalue weighted by Gasteiger charge is -2.29. The molecule has 0 spiro atoms. The maximum absolute atomic E-state index is 12.9. The lowest BCUT2D eigenvalue weighted by molar-refractivity contribution is -0.115. The van der Waals surface area contributed by atoms with Gasteiger partial charge in [-0.1, -0.05) is 18.2 Å². The van der Waals surface area contributed by atoms with Gasteiger partial charge in [-0.2, -0.15) is 0 Å². The van der Waals surface area contributed by atoms with Crippen LogP contribution in [-0.4, -0.2) is 44.1 Å². The van der Waals surface area contributed by atoms with Gasteiger partial charge in [0.2, 0.25) is 5.95 Å². The monoisotopic (exact) mass is 474 g/mol. The number of fused-ring (bicyclic) bond motifs is 1. The molecule has 3 amide bonds. The molecule has 172 valence electrons. The molecule has 1 saturated heterocycles. The van der Waals surface area contributed by atoms with E-state index >= 15 is 0 Å². The zero-order valence-electron chi connectivity index (χ0n) is 18.2. The molecule has 1 aliphatic carbocycles. The van der Waals surface area contributed by atoms with Crippen molar-refractivity contribution in [2.45, 2.75) is 37.8 Å². The second-order valence-corrected chi connectivity index (χ2v) is 9.22. The van der Waals surface area contributed by atoms with Gasteiger partial charge in [-0.05, 0) is 61.7 Å². The first kappa shape index (κ1) is 22.0. The van der Waals surface area contributed by atoms with E-state index < -0.39 is 5.91 Å². The van der Waals surface area contributed by atoms with E-state index in [2.05, 4.69) is 30.9 Å². The number of amides is 3. The van der Waals surface area contributed by atoms with Crippen molar-refractivity contribution in [1.29, 1.82) is 0 Å². The summed E-state index contributed by atoms with van der Waals surface area (Å²) in [6.45, 7) is 0. The molecule has 0 radical (unpaired) electrons. The summed E-state index contributed by atoms with van der Waals surface area (Å²) in [5.41, 5.74) is 1.85. The maximum atomic E-state index is 12.9. The van der Waals surface area contributed by atoms with E-state index in [-0.39, 0.29) is 23.2 Å². The molecule has 5 rings (SSSR count). The number of pyridine rings is 1. The van der Waals surface area contributed by atoms with Gasteiger partial charge in [0.25, 0.3) is 17.1 Å². The van der Waals surface area contributed by atoms with Crippen molar-refractivity contribution >= 4 is 51.7 Å². The third-order valence-electron chi connectivity index (χ3n) is 5.87. The largest absolute Gasteiger partial charge is 0.351 e. The van der Waals surface area contributed by atoms with Crippen LogP contribution in [0.5, 0.6) is 0 Å². The van der Waals surface area contributed by atoms with Crippen LogP contribution in [-0.2, 0) is 4.79 Å². The Morgan fingerprint density at radius 3 is 2.59 bits per heavy atom. The summed E-state index contributed by atoms with van der Waals surface area (Å²) in [7, 11) is 0. The molecule has 3 N–H and O–H groups in total. The lowest BCUT2D eigenvalue weighted by atomic mass is 9.91. The fraction of sp³-hybridized carbons (Fsp3) is 0.250. The van der Waals surface area contributed by atoms with Crippen molar-refractivity contribution in [2.24, 2.45) is 0 Å². The lowest BCUT2D eigenvalue weighted by Crippen LogP contribution is -2.40. The molecule has 1 aromatic carbocycles. The van der Waals surface area contributed by atoms with Gasteiger partial charge in [-0.25, -0.2) is 9.97 Å². The molecule has 9 nitrogen and oxygen atoms in total. The zero-order valence-corrected chi connectivity index (χ0v) is 19.0. The van der Waals surface area contributed by atoms with Crippen molar-refractivity contribution in [3.8, 4) is 0 Å². The van der Waals surface area contributed by atoms with Gasteiger partial charge in [0.1, 0.15) is 0 Å². The minimum absolute atomic E-state index is 0.0944. The van der Waals surface area contributed by atoms with E-state index in [9.17, 15) is 14.4 Å². The van der Waals surface area contributed by atoms with Gasteiger partial charge < -0.3 is 10.6 Å². The molecular weight excluding hydrogens is 452 g/mol. The number of carbonyl (C=O) groups is 3. The summed E-state index contributed by atoms with van der Waals surface area (Å²) >= 11 is 0.856. The van der Waals surface area contributed by atoms with E-state index in [1.807, 2.05) is 24.3 Å². The Morgan fingerprint density at radius 2 is 1.79 bits per heavy atom. The Balaban J connectivity index is 1.17. The van der Waals surface area contributed by atoms with Gasteiger partial charge >= 0.3 is 0 Å². The number of nitrogens with zero attached hydrogens (tertiary/aromatic N) is 3. The van der Waals surface area contributed by atoms with Gasteiger partial charge in [-0.3, -0.25) is 24.7 Å². The number of thioether (sulfide) groups is 1. The first-order valence-electron chi connectivity index (χ1n) is 11.0. The normalized spacial score (nSPS) is 21.5. The van der Waals surface area contributed by atoms with E-state index in [1.54, 1.807) is 30.6 Å². The van der Waals surface area contributed by atoms with Crippen LogP contribution in [0.15, 0.2) is 53.7 Å². The number of aromatic nitrogens is 3. The number of hydrogen-bond acceptors (Lipinski definition) is 8. The van der Waals surface area contributed by atoms with E-state index in [1.165, 1.54) is 0 Å². The Bertz CT molecular complexity index is 1300. The summed E-state index contributed by atoms with van der Waals surface area (Å²) < 4.78 is 0. The van der Waals surface area contributed by atoms with Crippen LogP contribution in [0.25, 0.3) is 17.0 Å². The Labute approximate surface area is 199 Å². The smallest absolute Gasteiger partial charge is 0.290 e. The van der Waals surface area contributed by atoms with Crippen molar-refractivity contribution < 1.29 is 14.4 Å². The molecule has 0 unspecified atom stereocenters. The predicted molar refractivity (Wildman–Crippen MR) is 130 cm³/mol. The SMILES string of the molecule is O=C1NC(=O)/C(=C/c2ccnc(NC3CCC(NC(=O)c4cccc5cccnc45)CC3)n2)S1. The van der Waals surface area contributed by atoms with Gasteiger partial charge in [0.05, 0.1) is 21.7 Å². The summed E-state index contributed by atoms with van der Waals surface area (Å²) in [4.78, 5) is 49.4. The molecule has 2 aliphatic rings. The highest BCUT2D eigenvalue weighted by molar-refractivity contribution is 8.18. The first-order chi connectivity index (χ1) is 16.5. The number of nitrogens with one attached hydrogen (secondary N) is 3. The average molecular weight is 475 g/mol. The predicted octanol–water partition coefficient (Wildman–Crippen LogP) is 3.50. The number of carbonyl (C=O) groups excluding carboxylic acids is 3. The molecule has 2 fully saturated rings. The third-order valence-corrected chi connectivity index (χ3v) is 6.68. The molecule has 3 aromatic rings. The second kappa shape index (κ2) is 9.60. The molecule has 10 heteroatoms. The number of anilines is 1. The molecule has 1 aliphatic heterocycles. The first-order valence-corrected chi connectivity index (χ1v) is 11.9. The number of imide groups is 1. The number of hydrogen-bond donors (Lipinski definition) is 3. The number of rotatable bonds is 5. The van der Waals surface area contributed by atoms with Crippen LogP contribution in [0.1, 0.15) is 41.7 Å². The molecule has 0 bridgehead atoms. The fourth-order valence-electron chi connectivity index (χ4n) is 4.19. The Kier molecular flexibility index (Phi) is 6.22. The van der Waals surface area contributed by atoms with Crippen LogP contribution in [0.3, 0.4) is 0 Å². The quantitative estimate of drug-likeness (QED) is 0.480. The minimum Gasteiger partial charge on any atom is -0.351 e. The molecule has 1 saturated carbocycles. The van der Waals surface area contributed by atoms with Crippen LogP contribution >= 0.6 is 11.8 Å². The summed E-state index contributed by atoms with van der Waals surface area (Å²) in [5, 5.41) is 9.29. The summed E-state index contributed by atoms with van der Waals surface area (Å²) in [6.07, 6.45) is 8.29. The number of benzene rings is 1. The second-order valence-electron chi connectivity index (χ2n) is 8.20. The maximum Gasteiger partial charge on any atom is 0.290 e.